The second kappa shape index (κ2) is 10.0. The number of hydrogen-bond donors (Lipinski definition) is 1. The van der Waals surface area contributed by atoms with Gasteiger partial charge in [-0.1, -0.05) is 0 Å². The molecule has 0 aliphatic carbocycles. The fraction of sp³-hybridized carbons (Fsp3) is 1.00. The summed E-state index contributed by atoms with van der Waals surface area (Å²) in [6, 6.07) is 1.02. The molecule has 0 unspecified atom stereocenters. The Labute approximate surface area is 121 Å². The van der Waals surface area contributed by atoms with E-state index in [1.807, 2.05) is 41.5 Å². The lowest BCUT2D eigenvalue weighted by Gasteiger charge is -2.33. The van der Waals surface area contributed by atoms with Crippen molar-refractivity contribution >= 4 is 18.8 Å². The van der Waals surface area contributed by atoms with Gasteiger partial charge in [0.25, 0.3) is 0 Å². The molecule has 0 bridgehead atoms. The van der Waals surface area contributed by atoms with Crippen LogP contribution in [0.1, 0.15) is 48.0 Å². The molecule has 0 aromatic rings. The van der Waals surface area contributed by atoms with Gasteiger partial charge in [-0.05, 0) is 60.6 Å². The van der Waals surface area contributed by atoms with Crippen LogP contribution in [0.25, 0.3) is 0 Å². The highest BCUT2D eigenvalue weighted by molar-refractivity contribution is 6.60. The molecule has 0 fully saturated rings. The van der Waals surface area contributed by atoms with Crippen LogP contribution in [0.5, 0.6) is 0 Å². The van der Waals surface area contributed by atoms with E-state index in [1.165, 1.54) is 0 Å². The standard InChI is InChI=1S/C12H31NO4Si2/c1-10(2)14-19(15-11(3)4,16-12(5)6)17-18-9-7-8-13/h10-12H,7-9,13,18H2,1-6H3. The van der Waals surface area contributed by atoms with E-state index >= 15 is 0 Å². The van der Waals surface area contributed by atoms with Gasteiger partial charge >= 0.3 is 9.05 Å². The molecule has 2 N–H and O–H groups in total. The molecule has 0 aromatic carbocycles. The summed E-state index contributed by atoms with van der Waals surface area (Å²) in [4.78, 5) is 0. The van der Waals surface area contributed by atoms with Crippen molar-refractivity contribution < 1.29 is 17.4 Å². The summed E-state index contributed by atoms with van der Waals surface area (Å²) in [7, 11) is -3.74. The quantitative estimate of drug-likeness (QED) is 0.463. The van der Waals surface area contributed by atoms with Crippen LogP contribution in [0.4, 0.5) is 0 Å². The van der Waals surface area contributed by atoms with E-state index in [4.69, 9.17) is 23.1 Å². The fourth-order valence-corrected chi connectivity index (χ4v) is 6.28. The van der Waals surface area contributed by atoms with Gasteiger partial charge in [0.2, 0.25) is 0 Å². The molecule has 0 saturated heterocycles. The lowest BCUT2D eigenvalue weighted by Crippen LogP contribution is -2.54. The SMILES string of the molecule is CC(C)O[Si](O[SiH2]CCCN)(OC(C)C)OC(C)C. The highest BCUT2D eigenvalue weighted by Gasteiger charge is 2.47. The Kier molecular flexibility index (Phi) is 10.2. The molecule has 0 radical (unpaired) electrons. The van der Waals surface area contributed by atoms with E-state index in [0.29, 0.717) is 6.54 Å². The molecule has 0 rings (SSSR count). The Morgan fingerprint density at radius 2 is 1.32 bits per heavy atom. The molecule has 0 amide bonds. The molecule has 0 aliphatic rings. The Morgan fingerprint density at radius 3 is 1.63 bits per heavy atom. The number of hydrogen-bond acceptors (Lipinski definition) is 5. The third kappa shape index (κ3) is 9.72. The first-order chi connectivity index (χ1) is 8.81. The van der Waals surface area contributed by atoms with Crippen molar-refractivity contribution in [2.24, 2.45) is 5.73 Å². The average Bonchev–Trinajstić information content (AvgIpc) is 2.21. The van der Waals surface area contributed by atoms with Crippen molar-refractivity contribution in [3.63, 3.8) is 0 Å². The van der Waals surface area contributed by atoms with Gasteiger partial charge in [-0.25, -0.2) is 0 Å². The van der Waals surface area contributed by atoms with Crippen LogP contribution in [0.2, 0.25) is 6.04 Å². The number of nitrogens with two attached hydrogens (primary N) is 1. The maximum Gasteiger partial charge on any atom is 0.669 e. The second-order valence-corrected chi connectivity index (χ2v) is 9.32. The third-order valence-electron chi connectivity index (χ3n) is 2.02. The molecule has 0 saturated carbocycles. The average molecular weight is 310 g/mol. The number of rotatable bonds is 11. The van der Waals surface area contributed by atoms with Crippen LogP contribution in [0.3, 0.4) is 0 Å². The second-order valence-electron chi connectivity index (χ2n) is 5.34. The zero-order valence-corrected chi connectivity index (χ0v) is 15.7. The molecule has 0 aliphatic heterocycles. The van der Waals surface area contributed by atoms with Gasteiger partial charge in [0.1, 0.15) is 0 Å². The molecule has 116 valence electrons. The van der Waals surface area contributed by atoms with E-state index in [-0.39, 0.29) is 18.3 Å². The minimum absolute atomic E-state index is 0.0210. The van der Waals surface area contributed by atoms with Crippen LogP contribution in [0.15, 0.2) is 0 Å². The lowest BCUT2D eigenvalue weighted by molar-refractivity contribution is -0.0460. The highest BCUT2D eigenvalue weighted by atomic mass is 28.4. The Hall–Kier alpha value is 0.234. The first-order valence-corrected chi connectivity index (χ1v) is 10.4. The normalized spacial score (nSPS) is 13.6. The monoisotopic (exact) mass is 309 g/mol. The van der Waals surface area contributed by atoms with Gasteiger partial charge in [0, 0.05) is 18.3 Å². The molecular formula is C12H31NO4Si2. The molecular weight excluding hydrogens is 278 g/mol. The highest BCUT2D eigenvalue weighted by Crippen LogP contribution is 2.19. The molecule has 0 spiro atoms. The van der Waals surface area contributed by atoms with Crippen molar-refractivity contribution in [2.75, 3.05) is 6.54 Å². The van der Waals surface area contributed by atoms with Gasteiger partial charge < -0.3 is 23.1 Å². The van der Waals surface area contributed by atoms with Crippen molar-refractivity contribution in [1.82, 2.24) is 0 Å². The zero-order valence-electron chi connectivity index (χ0n) is 13.3. The maximum absolute atomic E-state index is 6.02. The predicted molar refractivity (Wildman–Crippen MR) is 82.5 cm³/mol. The molecule has 0 aromatic heterocycles. The van der Waals surface area contributed by atoms with E-state index in [1.54, 1.807) is 0 Å². The molecule has 19 heavy (non-hydrogen) atoms. The van der Waals surface area contributed by atoms with Crippen molar-refractivity contribution in [3.05, 3.63) is 0 Å². The van der Waals surface area contributed by atoms with E-state index in [2.05, 4.69) is 0 Å². The third-order valence-corrected chi connectivity index (χ3v) is 7.32. The summed E-state index contributed by atoms with van der Waals surface area (Å²) in [5, 5.41) is 0. The minimum atomic E-state index is -3.01. The summed E-state index contributed by atoms with van der Waals surface area (Å²) < 4.78 is 23.8. The molecule has 7 heteroatoms. The summed E-state index contributed by atoms with van der Waals surface area (Å²) in [5.41, 5.74) is 5.50. The minimum Gasteiger partial charge on any atom is -0.400 e. The summed E-state index contributed by atoms with van der Waals surface area (Å²) in [6.07, 6.45) is 1.05. The van der Waals surface area contributed by atoms with Crippen LogP contribution in [-0.2, 0) is 17.4 Å². The Morgan fingerprint density at radius 1 is 0.895 bits per heavy atom. The maximum atomic E-state index is 6.02. The lowest BCUT2D eigenvalue weighted by atomic mass is 10.5. The summed E-state index contributed by atoms with van der Waals surface area (Å²) in [6.45, 7) is 12.5. The van der Waals surface area contributed by atoms with Crippen LogP contribution < -0.4 is 5.73 Å². The predicted octanol–water partition coefficient (Wildman–Crippen LogP) is 1.56. The van der Waals surface area contributed by atoms with Gasteiger partial charge in [0.15, 0.2) is 9.76 Å². The van der Waals surface area contributed by atoms with Crippen LogP contribution in [0, 0.1) is 0 Å². The zero-order chi connectivity index (χ0) is 14.9. The summed E-state index contributed by atoms with van der Waals surface area (Å²) >= 11 is 0. The smallest absolute Gasteiger partial charge is 0.400 e. The fourth-order valence-electron chi connectivity index (χ4n) is 1.49. The van der Waals surface area contributed by atoms with E-state index in [9.17, 15) is 0 Å². The summed E-state index contributed by atoms with van der Waals surface area (Å²) in [5.74, 6) is 0. The Bertz CT molecular complexity index is 201. The Balaban J connectivity index is 4.68. The molecule has 0 heterocycles. The molecule has 5 nitrogen and oxygen atoms in total. The topological polar surface area (TPSA) is 62.9 Å². The van der Waals surface area contributed by atoms with Gasteiger partial charge in [-0.15, -0.1) is 0 Å². The van der Waals surface area contributed by atoms with Gasteiger partial charge in [-0.2, -0.15) is 0 Å². The first kappa shape index (κ1) is 19.2. The van der Waals surface area contributed by atoms with Crippen LogP contribution in [-0.4, -0.2) is 43.7 Å². The van der Waals surface area contributed by atoms with Crippen molar-refractivity contribution in [2.45, 2.75) is 72.3 Å². The largest absolute Gasteiger partial charge is 0.669 e. The van der Waals surface area contributed by atoms with E-state index in [0.717, 1.165) is 12.5 Å². The van der Waals surface area contributed by atoms with E-state index < -0.39 is 18.8 Å². The first-order valence-electron chi connectivity index (χ1n) is 7.18. The van der Waals surface area contributed by atoms with Gasteiger partial charge in [-0.3, -0.25) is 0 Å². The van der Waals surface area contributed by atoms with Crippen molar-refractivity contribution in [1.29, 1.82) is 0 Å². The van der Waals surface area contributed by atoms with Gasteiger partial charge in [0.05, 0.1) is 0 Å². The van der Waals surface area contributed by atoms with Crippen molar-refractivity contribution in [3.8, 4) is 0 Å². The molecule has 0 atom stereocenters. The van der Waals surface area contributed by atoms with Crippen LogP contribution >= 0.6 is 0 Å².